The highest BCUT2D eigenvalue weighted by atomic mass is 35.5. The summed E-state index contributed by atoms with van der Waals surface area (Å²) in [5.74, 6) is 6.79. The van der Waals surface area contributed by atoms with Gasteiger partial charge >= 0.3 is 0 Å². The minimum absolute atomic E-state index is 0.00479. The summed E-state index contributed by atoms with van der Waals surface area (Å²) in [5.41, 5.74) is 2.01. The van der Waals surface area contributed by atoms with Crippen LogP contribution in [0.4, 0.5) is 21.6 Å². The summed E-state index contributed by atoms with van der Waals surface area (Å²) in [5, 5.41) is 6.41. The van der Waals surface area contributed by atoms with E-state index in [9.17, 15) is 9.18 Å². The van der Waals surface area contributed by atoms with Gasteiger partial charge in [0, 0.05) is 23.9 Å². The first-order chi connectivity index (χ1) is 15.9. The second-order valence-electron chi connectivity index (χ2n) is 8.56. The van der Waals surface area contributed by atoms with Gasteiger partial charge in [0.1, 0.15) is 12.1 Å². The predicted molar refractivity (Wildman–Crippen MR) is 128 cm³/mol. The third-order valence-corrected chi connectivity index (χ3v) is 6.48. The van der Waals surface area contributed by atoms with Crippen molar-refractivity contribution < 1.29 is 9.18 Å². The molecule has 0 unspecified atom stereocenters. The molecule has 6 nitrogen and oxygen atoms in total. The van der Waals surface area contributed by atoms with Gasteiger partial charge in [-0.2, -0.15) is 0 Å². The van der Waals surface area contributed by atoms with Gasteiger partial charge in [-0.05, 0) is 49.7 Å². The van der Waals surface area contributed by atoms with Crippen molar-refractivity contribution in [1.29, 1.82) is 0 Å². The summed E-state index contributed by atoms with van der Waals surface area (Å²) in [4.78, 5) is 23.0. The lowest BCUT2D eigenvalue weighted by molar-refractivity contribution is -0.111. The van der Waals surface area contributed by atoms with Crippen LogP contribution in [0.15, 0.2) is 49.3 Å². The zero-order chi connectivity index (χ0) is 23.2. The van der Waals surface area contributed by atoms with Crippen LogP contribution < -0.4 is 10.6 Å². The Bertz CT molecular complexity index is 1360. The number of amides is 1. The summed E-state index contributed by atoms with van der Waals surface area (Å²) in [6.45, 7) is 5.55. The molecule has 0 bridgehead atoms. The Morgan fingerprint density at radius 3 is 2.97 bits per heavy atom. The van der Waals surface area contributed by atoms with Gasteiger partial charge in [-0.25, -0.2) is 14.4 Å². The molecule has 1 saturated heterocycles. The Hall–Kier alpha value is -3.47. The molecule has 2 aromatic carbocycles. The molecule has 2 atom stereocenters. The van der Waals surface area contributed by atoms with Crippen molar-refractivity contribution in [3.05, 3.63) is 65.7 Å². The lowest BCUT2D eigenvalue weighted by Gasteiger charge is -2.13. The number of hydrogen-bond acceptors (Lipinski definition) is 5. The van der Waals surface area contributed by atoms with Crippen molar-refractivity contribution >= 4 is 45.6 Å². The topological polar surface area (TPSA) is 70.1 Å². The largest absolute Gasteiger partial charge is 0.337 e. The van der Waals surface area contributed by atoms with Gasteiger partial charge in [0.25, 0.3) is 0 Å². The molecule has 0 spiro atoms. The third kappa shape index (κ3) is 4.04. The zero-order valence-corrected chi connectivity index (χ0v) is 18.7. The van der Waals surface area contributed by atoms with E-state index in [2.05, 4.69) is 51.0 Å². The first-order valence-electron chi connectivity index (χ1n) is 10.5. The Kier molecular flexibility index (Phi) is 5.28. The zero-order valence-electron chi connectivity index (χ0n) is 18.0. The summed E-state index contributed by atoms with van der Waals surface area (Å²) in [6, 6.07) is 8.24. The number of rotatable bonds is 4. The van der Waals surface area contributed by atoms with Crippen LogP contribution in [0, 0.1) is 29.0 Å². The van der Waals surface area contributed by atoms with Gasteiger partial charge in [0.05, 0.1) is 27.5 Å². The Morgan fingerprint density at radius 2 is 2.21 bits per heavy atom. The molecule has 0 radical (unpaired) electrons. The van der Waals surface area contributed by atoms with E-state index < -0.39 is 5.82 Å². The van der Waals surface area contributed by atoms with Crippen LogP contribution >= 0.6 is 11.6 Å². The smallest absolute Gasteiger partial charge is 0.247 e. The van der Waals surface area contributed by atoms with E-state index in [4.69, 9.17) is 11.6 Å². The fourth-order valence-corrected chi connectivity index (χ4v) is 4.62. The van der Waals surface area contributed by atoms with Crippen molar-refractivity contribution in [1.82, 2.24) is 14.9 Å². The van der Waals surface area contributed by atoms with E-state index in [1.807, 2.05) is 6.07 Å². The molecule has 1 aliphatic carbocycles. The minimum atomic E-state index is -0.576. The Labute approximate surface area is 195 Å². The SMILES string of the molecule is C=CC(=O)Nc1cc2c(Nc3cccc(Cl)c3F)ncnc2cc1C#C[C@]12C[C@H]1CN(C)C2. The van der Waals surface area contributed by atoms with E-state index in [0.29, 0.717) is 33.9 Å². The standard InChI is InChI=1S/C25H21ClFN5O/c1-3-22(33)30-20-10-17-21(9-15(20)7-8-25-11-16(25)12-32(2)13-25)28-14-29-24(17)31-19-6-4-5-18(26)23(19)27/h3-6,9-10,14,16H,1,11-13H2,2H3,(H,30,33)(H,28,29,31)/t16-,25+/m0/s1. The molecule has 5 rings (SSSR count). The molecule has 3 aromatic rings. The number of aromatic nitrogens is 2. The molecule has 2 aliphatic rings. The number of anilines is 3. The predicted octanol–water partition coefficient (Wildman–Crippen LogP) is 4.59. The fraction of sp³-hybridized carbons (Fsp3) is 0.240. The molecule has 2 N–H and O–H groups in total. The number of piperidine rings is 1. The molecule has 33 heavy (non-hydrogen) atoms. The molecular formula is C25H21ClFN5O. The highest BCUT2D eigenvalue weighted by Crippen LogP contribution is 2.56. The van der Waals surface area contributed by atoms with E-state index in [1.54, 1.807) is 18.2 Å². The second kappa shape index (κ2) is 8.14. The monoisotopic (exact) mass is 461 g/mol. The van der Waals surface area contributed by atoms with Crippen LogP contribution in [-0.2, 0) is 4.79 Å². The van der Waals surface area contributed by atoms with E-state index in [0.717, 1.165) is 19.5 Å². The molecule has 166 valence electrons. The summed E-state index contributed by atoms with van der Waals surface area (Å²) < 4.78 is 14.4. The number of halogens is 2. The van der Waals surface area contributed by atoms with E-state index in [-0.39, 0.29) is 22.0 Å². The van der Waals surface area contributed by atoms with Crippen molar-refractivity contribution in [2.24, 2.45) is 11.3 Å². The average Bonchev–Trinajstić information content (AvgIpc) is 3.36. The third-order valence-electron chi connectivity index (χ3n) is 6.18. The highest BCUT2D eigenvalue weighted by Gasteiger charge is 2.58. The van der Waals surface area contributed by atoms with Crippen LogP contribution in [-0.4, -0.2) is 40.9 Å². The maximum atomic E-state index is 14.4. The summed E-state index contributed by atoms with van der Waals surface area (Å²) >= 11 is 5.91. The lowest BCUT2D eigenvalue weighted by Crippen LogP contribution is -2.19. The van der Waals surface area contributed by atoms with Gasteiger partial charge in [-0.15, -0.1) is 0 Å². The van der Waals surface area contributed by atoms with Crippen LogP contribution in [0.3, 0.4) is 0 Å². The number of fused-ring (bicyclic) bond motifs is 2. The van der Waals surface area contributed by atoms with E-state index >= 15 is 0 Å². The molecule has 1 saturated carbocycles. The van der Waals surface area contributed by atoms with Crippen molar-refractivity contribution in [2.75, 3.05) is 30.8 Å². The first kappa shape index (κ1) is 21.4. The van der Waals surface area contributed by atoms with Crippen LogP contribution in [0.1, 0.15) is 12.0 Å². The molecule has 1 aliphatic heterocycles. The van der Waals surface area contributed by atoms with Gasteiger partial charge in [0.15, 0.2) is 5.82 Å². The van der Waals surface area contributed by atoms with E-state index in [1.165, 1.54) is 18.5 Å². The number of nitrogens with one attached hydrogen (secondary N) is 2. The van der Waals surface area contributed by atoms with Crippen molar-refractivity contribution in [3.8, 4) is 11.8 Å². The van der Waals surface area contributed by atoms with Gasteiger partial charge in [0.2, 0.25) is 5.91 Å². The van der Waals surface area contributed by atoms with Gasteiger partial charge in [-0.3, -0.25) is 4.79 Å². The molecular weight excluding hydrogens is 441 g/mol. The number of benzene rings is 2. The molecule has 1 amide bonds. The number of likely N-dealkylation sites (tertiary alicyclic amines) is 1. The lowest BCUT2D eigenvalue weighted by atomic mass is 10.0. The number of hydrogen-bond donors (Lipinski definition) is 2. The summed E-state index contributed by atoms with van der Waals surface area (Å²) in [6.07, 6.45) is 3.70. The highest BCUT2D eigenvalue weighted by molar-refractivity contribution is 6.31. The van der Waals surface area contributed by atoms with Gasteiger partial charge in [-0.1, -0.05) is 36.1 Å². The maximum Gasteiger partial charge on any atom is 0.247 e. The van der Waals surface area contributed by atoms with Crippen LogP contribution in [0.2, 0.25) is 5.02 Å². The fourth-order valence-electron chi connectivity index (χ4n) is 4.44. The Balaban J connectivity index is 1.57. The average molecular weight is 462 g/mol. The second-order valence-corrected chi connectivity index (χ2v) is 8.97. The molecule has 8 heteroatoms. The Morgan fingerprint density at radius 1 is 1.36 bits per heavy atom. The van der Waals surface area contributed by atoms with Gasteiger partial charge < -0.3 is 15.5 Å². The van der Waals surface area contributed by atoms with Crippen LogP contribution in [0.25, 0.3) is 10.9 Å². The molecule has 2 heterocycles. The van der Waals surface area contributed by atoms with Crippen molar-refractivity contribution in [3.63, 3.8) is 0 Å². The minimum Gasteiger partial charge on any atom is -0.337 e. The normalized spacial score (nSPS) is 21.1. The first-order valence-corrected chi connectivity index (χ1v) is 10.9. The molecule has 1 aromatic heterocycles. The number of nitrogens with zero attached hydrogens (tertiary/aromatic N) is 3. The van der Waals surface area contributed by atoms with Crippen molar-refractivity contribution in [2.45, 2.75) is 6.42 Å². The maximum absolute atomic E-state index is 14.4. The quantitative estimate of drug-likeness (QED) is 0.439. The van der Waals surface area contributed by atoms with Crippen LogP contribution in [0.5, 0.6) is 0 Å². The number of carbonyl (C=O) groups excluding carboxylic acids is 1. The molecule has 2 fully saturated rings. The number of carbonyl (C=O) groups is 1. The summed E-state index contributed by atoms with van der Waals surface area (Å²) in [7, 11) is 2.11.